The first-order valence-corrected chi connectivity index (χ1v) is 8.17. The van der Waals surface area contributed by atoms with Crippen LogP contribution in [0.3, 0.4) is 0 Å². The van der Waals surface area contributed by atoms with Crippen LogP contribution in [0.2, 0.25) is 0 Å². The maximum Gasteiger partial charge on any atom is 0.246 e. The smallest absolute Gasteiger partial charge is 0.246 e. The van der Waals surface area contributed by atoms with Crippen LogP contribution in [0.5, 0.6) is 0 Å². The fourth-order valence-electron chi connectivity index (χ4n) is 2.69. The highest BCUT2D eigenvalue weighted by molar-refractivity contribution is 7.11. The first kappa shape index (κ1) is 15.9. The number of carbonyl (C=O) groups excluding carboxylic acids is 2. The van der Waals surface area contributed by atoms with Crippen molar-refractivity contribution in [3.05, 3.63) is 16.1 Å². The molecule has 2 amide bonds. The van der Waals surface area contributed by atoms with Crippen molar-refractivity contribution >= 4 is 23.2 Å². The first-order valence-electron chi connectivity index (χ1n) is 7.36. The number of nitrogens with zero attached hydrogens (tertiary/aromatic N) is 2. The van der Waals surface area contributed by atoms with Crippen LogP contribution in [0.1, 0.15) is 50.0 Å². The Bertz CT molecular complexity index is 541. The van der Waals surface area contributed by atoms with Crippen molar-refractivity contribution in [3.8, 4) is 0 Å². The molecule has 0 spiro atoms. The van der Waals surface area contributed by atoms with Gasteiger partial charge in [-0.1, -0.05) is 13.8 Å². The molecule has 1 aromatic rings. The second-order valence-corrected chi connectivity index (χ2v) is 7.36. The summed E-state index contributed by atoms with van der Waals surface area (Å²) in [4.78, 5) is 32.0. The zero-order chi connectivity index (χ0) is 15.7. The third-order valence-electron chi connectivity index (χ3n) is 3.79. The van der Waals surface area contributed by atoms with E-state index in [-0.39, 0.29) is 17.9 Å². The summed E-state index contributed by atoms with van der Waals surface area (Å²) in [5, 5.41) is 3.72. The third kappa shape index (κ3) is 3.26. The Kier molecular flexibility index (Phi) is 4.66. The normalized spacial score (nSPS) is 24.4. The first-order chi connectivity index (χ1) is 9.81. The van der Waals surface area contributed by atoms with E-state index in [9.17, 15) is 9.59 Å². The summed E-state index contributed by atoms with van der Waals surface area (Å²) in [6.45, 7) is 9.81. The fraction of sp³-hybridized carbons (Fsp3) is 0.667. The molecule has 2 rings (SSSR count). The van der Waals surface area contributed by atoms with Gasteiger partial charge >= 0.3 is 0 Å². The summed E-state index contributed by atoms with van der Waals surface area (Å²) < 4.78 is 0. The highest BCUT2D eigenvalue weighted by Gasteiger charge is 2.41. The molecule has 1 aliphatic rings. The summed E-state index contributed by atoms with van der Waals surface area (Å²) in [5.74, 6) is 0.267. The van der Waals surface area contributed by atoms with Gasteiger partial charge in [0, 0.05) is 11.1 Å². The molecular weight excluding hydrogens is 286 g/mol. The molecular formula is C15H23N3O2S. The topological polar surface area (TPSA) is 62.3 Å². The molecule has 0 bridgehead atoms. The van der Waals surface area contributed by atoms with E-state index in [0.717, 1.165) is 9.88 Å². The number of hydrogen-bond donors (Lipinski definition) is 1. The molecule has 5 nitrogen and oxygen atoms in total. The van der Waals surface area contributed by atoms with E-state index >= 15 is 0 Å². The largest absolute Gasteiger partial charge is 0.343 e. The van der Waals surface area contributed by atoms with E-state index in [1.54, 1.807) is 29.4 Å². The number of hydrogen-bond acceptors (Lipinski definition) is 4. The predicted molar refractivity (Wildman–Crippen MR) is 83.0 cm³/mol. The van der Waals surface area contributed by atoms with Gasteiger partial charge in [-0.15, -0.1) is 11.3 Å². The highest BCUT2D eigenvalue weighted by atomic mass is 32.1. The van der Waals surface area contributed by atoms with E-state index in [2.05, 4.69) is 24.1 Å². The predicted octanol–water partition coefficient (Wildman–Crippen LogP) is 2.27. The molecule has 0 radical (unpaired) electrons. The zero-order valence-corrected chi connectivity index (χ0v) is 14.0. The summed E-state index contributed by atoms with van der Waals surface area (Å²) in [7, 11) is 0. The Hall–Kier alpha value is -1.43. The van der Waals surface area contributed by atoms with Crippen LogP contribution in [0.25, 0.3) is 0 Å². The van der Waals surface area contributed by atoms with E-state index in [1.807, 2.05) is 13.8 Å². The van der Waals surface area contributed by atoms with Crippen molar-refractivity contribution in [2.75, 3.05) is 0 Å². The third-order valence-corrected chi connectivity index (χ3v) is 4.87. The van der Waals surface area contributed by atoms with Crippen molar-refractivity contribution in [2.24, 2.45) is 5.92 Å². The van der Waals surface area contributed by atoms with Crippen LogP contribution in [-0.2, 0) is 9.59 Å². The summed E-state index contributed by atoms with van der Waals surface area (Å²) >= 11 is 1.57. The van der Waals surface area contributed by atoms with Gasteiger partial charge in [0.05, 0.1) is 6.04 Å². The molecule has 3 atom stereocenters. The van der Waals surface area contributed by atoms with Gasteiger partial charge in [0.1, 0.15) is 17.1 Å². The van der Waals surface area contributed by atoms with Crippen LogP contribution in [0.15, 0.2) is 6.20 Å². The summed E-state index contributed by atoms with van der Waals surface area (Å²) in [6, 6.07) is -1.05. The lowest BCUT2D eigenvalue weighted by Gasteiger charge is -2.40. The summed E-state index contributed by atoms with van der Waals surface area (Å²) in [5.41, 5.74) is 0. The highest BCUT2D eigenvalue weighted by Crippen LogP contribution is 2.29. The van der Waals surface area contributed by atoms with E-state index in [1.165, 1.54) is 0 Å². The van der Waals surface area contributed by atoms with Gasteiger partial charge in [0.15, 0.2) is 0 Å². The number of nitrogens with one attached hydrogen (secondary N) is 1. The van der Waals surface area contributed by atoms with Gasteiger partial charge in [-0.3, -0.25) is 9.59 Å². The Labute approximate surface area is 129 Å². The second-order valence-electron chi connectivity index (χ2n) is 6.10. The minimum atomic E-state index is -0.458. The lowest BCUT2D eigenvalue weighted by Crippen LogP contribution is -2.62. The van der Waals surface area contributed by atoms with Gasteiger partial charge in [-0.2, -0.15) is 0 Å². The van der Waals surface area contributed by atoms with Crippen LogP contribution < -0.4 is 5.32 Å². The monoisotopic (exact) mass is 309 g/mol. The Morgan fingerprint density at radius 1 is 1.38 bits per heavy atom. The quantitative estimate of drug-likeness (QED) is 0.928. The summed E-state index contributed by atoms with van der Waals surface area (Å²) in [6.07, 6.45) is 2.47. The van der Waals surface area contributed by atoms with Crippen LogP contribution in [-0.4, -0.2) is 33.8 Å². The van der Waals surface area contributed by atoms with Gasteiger partial charge in [-0.05, 0) is 33.1 Å². The molecule has 0 saturated carbocycles. The molecule has 1 fully saturated rings. The molecule has 1 aliphatic heterocycles. The molecule has 3 unspecified atom stereocenters. The van der Waals surface area contributed by atoms with Crippen LogP contribution in [0.4, 0.5) is 0 Å². The Morgan fingerprint density at radius 2 is 2.05 bits per heavy atom. The SMILES string of the molecule is Cc1cnc(C(C)N2C(=O)C(CC(C)C)NC(=O)C2C)s1. The van der Waals surface area contributed by atoms with Crippen molar-refractivity contribution in [1.29, 1.82) is 0 Å². The molecule has 2 heterocycles. The zero-order valence-electron chi connectivity index (χ0n) is 13.2. The number of amides is 2. The maximum absolute atomic E-state index is 12.7. The van der Waals surface area contributed by atoms with Gasteiger partial charge in [0.2, 0.25) is 11.8 Å². The van der Waals surface area contributed by atoms with Crippen molar-refractivity contribution in [1.82, 2.24) is 15.2 Å². The minimum Gasteiger partial charge on any atom is -0.343 e. The minimum absolute atomic E-state index is 0.00356. The number of rotatable bonds is 4. The Balaban J connectivity index is 2.25. The number of aryl methyl sites for hydroxylation is 1. The molecule has 21 heavy (non-hydrogen) atoms. The van der Waals surface area contributed by atoms with Crippen molar-refractivity contribution in [3.63, 3.8) is 0 Å². The van der Waals surface area contributed by atoms with Crippen molar-refractivity contribution in [2.45, 2.75) is 59.2 Å². The van der Waals surface area contributed by atoms with Crippen molar-refractivity contribution < 1.29 is 9.59 Å². The molecule has 0 aromatic carbocycles. The standard InChI is InChI=1S/C15H23N3O2S/c1-8(2)6-12-15(20)18(10(4)13(19)17-12)11(5)14-16-7-9(3)21-14/h7-8,10-12H,6H2,1-5H3,(H,17,19). The molecule has 0 aliphatic carbocycles. The van der Waals surface area contributed by atoms with Crippen LogP contribution in [0, 0.1) is 12.8 Å². The lowest BCUT2D eigenvalue weighted by molar-refractivity contribution is -0.151. The van der Waals surface area contributed by atoms with Gasteiger partial charge < -0.3 is 10.2 Å². The van der Waals surface area contributed by atoms with E-state index in [0.29, 0.717) is 12.3 Å². The van der Waals surface area contributed by atoms with E-state index < -0.39 is 12.1 Å². The van der Waals surface area contributed by atoms with Crippen LogP contribution >= 0.6 is 11.3 Å². The molecule has 1 saturated heterocycles. The fourth-order valence-corrected chi connectivity index (χ4v) is 3.52. The second kappa shape index (κ2) is 6.13. The molecule has 1 N–H and O–H groups in total. The maximum atomic E-state index is 12.7. The lowest BCUT2D eigenvalue weighted by atomic mass is 9.98. The molecule has 1 aromatic heterocycles. The number of carbonyl (C=O) groups is 2. The number of piperazine rings is 1. The number of thiazole rings is 1. The van der Waals surface area contributed by atoms with E-state index in [4.69, 9.17) is 0 Å². The number of aromatic nitrogens is 1. The average Bonchev–Trinajstić information content (AvgIpc) is 2.82. The average molecular weight is 309 g/mol. The molecule has 116 valence electrons. The Morgan fingerprint density at radius 3 is 2.57 bits per heavy atom. The van der Waals surface area contributed by atoms with Gasteiger partial charge in [0.25, 0.3) is 0 Å². The molecule has 6 heteroatoms. The van der Waals surface area contributed by atoms with Gasteiger partial charge in [-0.25, -0.2) is 4.98 Å².